The molecule has 0 radical (unpaired) electrons. The number of fused-ring (bicyclic) bond motifs is 1. The zero-order chi connectivity index (χ0) is 26.9. The molecular weight excluding hydrogens is 476 g/mol. The number of amides is 1. The molecule has 0 bridgehead atoms. The minimum Gasteiger partial charge on any atom is -0.496 e. The summed E-state index contributed by atoms with van der Waals surface area (Å²) in [6.07, 6.45) is 1.57. The SMILES string of the molecule is COc1c(C)cnc(CN(C(=O)OC(C)(C)C)c2cc(N3CCOCC3)c3ccn(C(=O)O)c3c2)c1C. The summed E-state index contributed by atoms with van der Waals surface area (Å²) in [5.41, 5.74) is 3.44. The molecule has 0 unspecified atom stereocenters. The number of rotatable bonds is 5. The molecule has 0 spiro atoms. The number of methoxy groups -OCH3 is 1. The minimum absolute atomic E-state index is 0.110. The maximum atomic E-state index is 13.6. The molecule has 1 aromatic carbocycles. The van der Waals surface area contributed by atoms with E-state index in [-0.39, 0.29) is 6.54 Å². The van der Waals surface area contributed by atoms with Crippen molar-refractivity contribution in [3.05, 3.63) is 47.4 Å². The highest BCUT2D eigenvalue weighted by Crippen LogP contribution is 2.36. The second kappa shape index (κ2) is 10.3. The van der Waals surface area contributed by atoms with Crippen LogP contribution < -0.4 is 14.5 Å². The lowest BCUT2D eigenvalue weighted by Gasteiger charge is -2.32. The predicted molar refractivity (Wildman–Crippen MR) is 141 cm³/mol. The second-order valence-corrected chi connectivity index (χ2v) is 10.1. The van der Waals surface area contributed by atoms with E-state index in [1.807, 2.05) is 19.9 Å². The van der Waals surface area contributed by atoms with Gasteiger partial charge in [0, 0.05) is 47.7 Å². The van der Waals surface area contributed by atoms with E-state index in [2.05, 4.69) is 9.88 Å². The Hall–Kier alpha value is -3.79. The van der Waals surface area contributed by atoms with Gasteiger partial charge in [0.05, 0.1) is 43.8 Å². The molecule has 0 aliphatic carbocycles. The van der Waals surface area contributed by atoms with E-state index in [0.29, 0.717) is 49.0 Å². The maximum Gasteiger partial charge on any atom is 0.416 e. The summed E-state index contributed by atoms with van der Waals surface area (Å²) < 4.78 is 18.0. The molecule has 3 heterocycles. The van der Waals surface area contributed by atoms with Gasteiger partial charge in [-0.05, 0) is 52.8 Å². The third kappa shape index (κ3) is 5.48. The van der Waals surface area contributed by atoms with Crippen molar-refractivity contribution in [1.29, 1.82) is 0 Å². The number of hydrogen-bond donors (Lipinski definition) is 1. The third-order valence-corrected chi connectivity index (χ3v) is 6.31. The maximum absolute atomic E-state index is 13.6. The van der Waals surface area contributed by atoms with Crippen LogP contribution in [-0.2, 0) is 16.0 Å². The van der Waals surface area contributed by atoms with E-state index in [1.54, 1.807) is 46.2 Å². The van der Waals surface area contributed by atoms with Crippen molar-refractivity contribution >= 4 is 34.5 Å². The van der Waals surface area contributed by atoms with Gasteiger partial charge in [0.25, 0.3) is 0 Å². The monoisotopic (exact) mass is 510 g/mol. The Kier molecular flexibility index (Phi) is 7.31. The number of carbonyl (C=O) groups excluding carboxylic acids is 1. The Morgan fingerprint density at radius 1 is 1.19 bits per heavy atom. The Morgan fingerprint density at radius 2 is 1.89 bits per heavy atom. The number of pyridine rings is 1. The van der Waals surface area contributed by atoms with Crippen molar-refractivity contribution < 1.29 is 28.9 Å². The number of aryl methyl sites for hydroxylation is 1. The lowest BCUT2D eigenvalue weighted by atomic mass is 10.1. The van der Waals surface area contributed by atoms with Gasteiger partial charge in [-0.15, -0.1) is 0 Å². The molecule has 10 heteroatoms. The van der Waals surface area contributed by atoms with Gasteiger partial charge < -0.3 is 24.2 Å². The van der Waals surface area contributed by atoms with Crippen molar-refractivity contribution in [2.75, 3.05) is 43.2 Å². The molecule has 10 nitrogen and oxygen atoms in total. The van der Waals surface area contributed by atoms with Gasteiger partial charge in [-0.25, -0.2) is 9.59 Å². The normalized spacial score (nSPS) is 14.1. The van der Waals surface area contributed by atoms with Crippen molar-refractivity contribution in [2.24, 2.45) is 0 Å². The van der Waals surface area contributed by atoms with Gasteiger partial charge in [-0.2, -0.15) is 0 Å². The number of morpholine rings is 1. The predicted octanol–water partition coefficient (Wildman–Crippen LogP) is 4.97. The first kappa shape index (κ1) is 26.3. The van der Waals surface area contributed by atoms with E-state index < -0.39 is 17.8 Å². The Bertz CT molecular complexity index is 1320. The Morgan fingerprint density at radius 3 is 2.51 bits per heavy atom. The fraction of sp³-hybridized carbons (Fsp3) is 0.444. The van der Waals surface area contributed by atoms with Crippen LogP contribution in [-0.4, -0.2) is 65.9 Å². The largest absolute Gasteiger partial charge is 0.496 e. The molecule has 0 saturated carbocycles. The number of benzene rings is 1. The van der Waals surface area contributed by atoms with Gasteiger partial charge in [0.2, 0.25) is 0 Å². The quantitative estimate of drug-likeness (QED) is 0.513. The molecule has 37 heavy (non-hydrogen) atoms. The molecular formula is C27H34N4O6. The summed E-state index contributed by atoms with van der Waals surface area (Å²) >= 11 is 0. The van der Waals surface area contributed by atoms with E-state index in [0.717, 1.165) is 26.8 Å². The average molecular weight is 511 g/mol. The second-order valence-electron chi connectivity index (χ2n) is 10.1. The highest BCUT2D eigenvalue weighted by atomic mass is 16.6. The van der Waals surface area contributed by atoms with Crippen LogP contribution in [0.5, 0.6) is 5.75 Å². The lowest BCUT2D eigenvalue weighted by Crippen LogP contribution is -2.38. The number of aromatic nitrogens is 2. The number of hydrogen-bond acceptors (Lipinski definition) is 7. The van der Waals surface area contributed by atoms with Crippen molar-refractivity contribution in [3.8, 4) is 5.75 Å². The zero-order valence-corrected chi connectivity index (χ0v) is 22.2. The fourth-order valence-corrected chi connectivity index (χ4v) is 4.56. The molecule has 1 aliphatic rings. The third-order valence-electron chi connectivity index (χ3n) is 6.31. The molecule has 3 aromatic rings. The molecule has 0 atom stereocenters. The summed E-state index contributed by atoms with van der Waals surface area (Å²) in [5, 5.41) is 10.6. The first-order valence-electron chi connectivity index (χ1n) is 12.2. The van der Waals surface area contributed by atoms with Crippen LogP contribution in [0.4, 0.5) is 21.0 Å². The van der Waals surface area contributed by atoms with Gasteiger partial charge in [0.1, 0.15) is 11.4 Å². The number of carboxylic acid groups (broad SMARTS) is 1. The average Bonchev–Trinajstić information content (AvgIpc) is 3.27. The van der Waals surface area contributed by atoms with Crippen LogP contribution in [0.25, 0.3) is 10.9 Å². The van der Waals surface area contributed by atoms with Crippen molar-refractivity contribution in [3.63, 3.8) is 0 Å². The van der Waals surface area contributed by atoms with Crippen molar-refractivity contribution in [1.82, 2.24) is 9.55 Å². The molecule has 198 valence electrons. The lowest BCUT2D eigenvalue weighted by molar-refractivity contribution is 0.0577. The molecule has 1 aliphatic heterocycles. The van der Waals surface area contributed by atoms with Crippen LogP contribution >= 0.6 is 0 Å². The topological polar surface area (TPSA) is 106 Å². The van der Waals surface area contributed by atoms with E-state index in [9.17, 15) is 14.7 Å². The first-order chi connectivity index (χ1) is 17.5. The number of ether oxygens (including phenoxy) is 3. The first-order valence-corrected chi connectivity index (χ1v) is 12.2. The van der Waals surface area contributed by atoms with Crippen LogP contribution in [0.1, 0.15) is 37.6 Å². The van der Waals surface area contributed by atoms with Gasteiger partial charge >= 0.3 is 12.2 Å². The number of anilines is 2. The van der Waals surface area contributed by atoms with Gasteiger partial charge in [0.15, 0.2) is 0 Å². The summed E-state index contributed by atoms with van der Waals surface area (Å²) in [5.74, 6) is 0.707. The summed E-state index contributed by atoms with van der Waals surface area (Å²) in [6, 6.07) is 5.40. The highest BCUT2D eigenvalue weighted by molar-refractivity contribution is 6.02. The smallest absolute Gasteiger partial charge is 0.416 e. The molecule has 2 aromatic heterocycles. The number of nitrogens with zero attached hydrogens (tertiary/aromatic N) is 4. The standard InChI is InChI=1S/C27H34N4O6/c1-17-15-28-21(18(2)24(17)35-6)16-31(26(34)37-27(3,4)5)19-13-22(29-9-11-36-12-10-29)20-7-8-30(25(32)33)23(20)14-19/h7-8,13-15H,9-12,16H2,1-6H3,(H,32,33). The van der Waals surface area contributed by atoms with E-state index in [4.69, 9.17) is 14.2 Å². The molecule has 4 rings (SSSR count). The summed E-state index contributed by atoms with van der Waals surface area (Å²) in [6.45, 7) is 11.8. The molecule has 1 N–H and O–H groups in total. The molecule has 1 fully saturated rings. The molecule has 1 amide bonds. The Balaban J connectivity index is 1.89. The highest BCUT2D eigenvalue weighted by Gasteiger charge is 2.28. The van der Waals surface area contributed by atoms with Crippen LogP contribution in [0.3, 0.4) is 0 Å². The fourth-order valence-electron chi connectivity index (χ4n) is 4.56. The number of carbonyl (C=O) groups is 2. The van der Waals surface area contributed by atoms with Gasteiger partial charge in [-0.3, -0.25) is 14.5 Å². The summed E-state index contributed by atoms with van der Waals surface area (Å²) in [7, 11) is 1.60. The van der Waals surface area contributed by atoms with Crippen LogP contribution in [0, 0.1) is 13.8 Å². The Labute approximate surface area is 216 Å². The van der Waals surface area contributed by atoms with Crippen LogP contribution in [0.2, 0.25) is 0 Å². The van der Waals surface area contributed by atoms with E-state index in [1.165, 1.54) is 11.1 Å². The van der Waals surface area contributed by atoms with Crippen LogP contribution in [0.15, 0.2) is 30.6 Å². The summed E-state index contributed by atoms with van der Waals surface area (Å²) in [4.78, 5) is 33.8. The van der Waals surface area contributed by atoms with Gasteiger partial charge in [-0.1, -0.05) is 0 Å². The van der Waals surface area contributed by atoms with Crippen molar-refractivity contribution in [2.45, 2.75) is 46.8 Å². The minimum atomic E-state index is -1.11. The zero-order valence-electron chi connectivity index (χ0n) is 22.2. The molecule has 1 saturated heterocycles. The van der Waals surface area contributed by atoms with E-state index >= 15 is 0 Å².